The molecular formula is C22H23N5O2S2. The van der Waals surface area contributed by atoms with Crippen molar-refractivity contribution >= 4 is 50.9 Å². The molecule has 7 nitrogen and oxygen atoms in total. The summed E-state index contributed by atoms with van der Waals surface area (Å²) in [5, 5.41) is 7.58. The first-order chi connectivity index (χ1) is 14.9. The zero-order valence-corrected chi connectivity index (χ0v) is 19.4. The number of aromatic nitrogens is 3. The Morgan fingerprint density at radius 2 is 1.97 bits per heavy atom. The zero-order valence-electron chi connectivity index (χ0n) is 17.8. The molecule has 1 N–H and O–H groups in total. The fraction of sp³-hybridized carbons (Fsp3) is 0.273. The fourth-order valence-corrected chi connectivity index (χ4v) is 4.99. The molecule has 9 heteroatoms. The highest BCUT2D eigenvalue weighted by atomic mass is 32.2. The number of amides is 1. The summed E-state index contributed by atoms with van der Waals surface area (Å²) in [6.07, 6.45) is 0. The van der Waals surface area contributed by atoms with Crippen molar-refractivity contribution in [2.24, 2.45) is 0 Å². The Balaban J connectivity index is 1.58. The lowest BCUT2D eigenvalue weighted by Crippen LogP contribution is -2.31. The number of fused-ring (bicyclic) bond motifs is 1. The Morgan fingerprint density at radius 3 is 2.68 bits per heavy atom. The van der Waals surface area contributed by atoms with E-state index in [0.717, 1.165) is 27.4 Å². The van der Waals surface area contributed by atoms with Gasteiger partial charge in [0.05, 0.1) is 17.7 Å². The molecule has 0 spiro atoms. The van der Waals surface area contributed by atoms with Gasteiger partial charge in [0.15, 0.2) is 5.82 Å². The maximum absolute atomic E-state index is 12.5. The van der Waals surface area contributed by atoms with E-state index in [4.69, 9.17) is 14.5 Å². The van der Waals surface area contributed by atoms with Crippen LogP contribution in [0.15, 0.2) is 45.8 Å². The number of nitrogens with zero attached hydrogens (tertiary/aromatic N) is 4. The van der Waals surface area contributed by atoms with E-state index in [9.17, 15) is 4.79 Å². The number of anilines is 2. The molecule has 0 radical (unpaired) electrons. The number of aryl methyl sites for hydroxylation is 3. The van der Waals surface area contributed by atoms with Gasteiger partial charge in [0.2, 0.25) is 5.91 Å². The summed E-state index contributed by atoms with van der Waals surface area (Å²) in [4.78, 5) is 27.4. The van der Waals surface area contributed by atoms with Gasteiger partial charge in [-0.15, -0.1) is 23.1 Å². The van der Waals surface area contributed by atoms with E-state index in [1.54, 1.807) is 36.1 Å². The second kappa shape index (κ2) is 9.07. The van der Waals surface area contributed by atoms with E-state index in [-0.39, 0.29) is 12.5 Å². The van der Waals surface area contributed by atoms with Crippen molar-refractivity contribution in [3.63, 3.8) is 0 Å². The van der Waals surface area contributed by atoms with Gasteiger partial charge in [0.1, 0.15) is 22.2 Å². The average molecular weight is 454 g/mol. The maximum atomic E-state index is 12.5. The van der Waals surface area contributed by atoms with Crippen LogP contribution >= 0.6 is 23.1 Å². The number of benzene rings is 1. The lowest BCUT2D eigenvalue weighted by atomic mass is 10.2. The molecule has 0 saturated carbocycles. The summed E-state index contributed by atoms with van der Waals surface area (Å²) in [5.41, 5.74) is 1.15. The van der Waals surface area contributed by atoms with Crippen LogP contribution in [0.3, 0.4) is 0 Å². The molecule has 31 heavy (non-hydrogen) atoms. The summed E-state index contributed by atoms with van der Waals surface area (Å²) in [6.45, 7) is 6.08. The van der Waals surface area contributed by atoms with E-state index in [1.165, 1.54) is 9.77 Å². The lowest BCUT2D eigenvalue weighted by molar-refractivity contribution is -0.115. The third-order valence-electron chi connectivity index (χ3n) is 4.80. The molecule has 1 aromatic carbocycles. The summed E-state index contributed by atoms with van der Waals surface area (Å²) >= 11 is 3.36. The number of thiophene rings is 1. The number of hydrogen-bond donors (Lipinski definition) is 1. The molecule has 0 atom stereocenters. The van der Waals surface area contributed by atoms with Crippen LogP contribution in [0, 0.1) is 20.8 Å². The largest absolute Gasteiger partial charge is 0.360 e. The molecule has 0 aliphatic rings. The summed E-state index contributed by atoms with van der Waals surface area (Å²) in [6, 6.07) is 11.9. The van der Waals surface area contributed by atoms with Crippen molar-refractivity contribution in [3.05, 3.63) is 58.4 Å². The molecule has 3 aromatic heterocycles. The Morgan fingerprint density at radius 1 is 1.19 bits per heavy atom. The van der Waals surface area contributed by atoms with Gasteiger partial charge in [0.25, 0.3) is 0 Å². The monoisotopic (exact) mass is 453 g/mol. The van der Waals surface area contributed by atoms with Crippen LogP contribution in [0.25, 0.3) is 10.2 Å². The van der Waals surface area contributed by atoms with Gasteiger partial charge in [-0.25, -0.2) is 9.97 Å². The molecule has 1 amide bonds. The number of carbonyl (C=O) groups is 1. The van der Waals surface area contributed by atoms with Crippen LogP contribution in [0.1, 0.15) is 22.0 Å². The summed E-state index contributed by atoms with van der Waals surface area (Å²) in [7, 11) is 1.87. The molecule has 160 valence electrons. The number of rotatable bonds is 7. The molecular weight excluding hydrogens is 430 g/mol. The molecule has 0 saturated heterocycles. The van der Waals surface area contributed by atoms with Gasteiger partial charge in [-0.2, -0.15) is 0 Å². The predicted octanol–water partition coefficient (Wildman–Crippen LogP) is 4.97. The minimum Gasteiger partial charge on any atom is -0.360 e. The van der Waals surface area contributed by atoms with Crippen LogP contribution in [-0.4, -0.2) is 34.6 Å². The molecule has 0 aliphatic carbocycles. The normalized spacial score (nSPS) is 11.1. The first kappa shape index (κ1) is 21.3. The summed E-state index contributed by atoms with van der Waals surface area (Å²) in [5.74, 6) is 3.03. The van der Waals surface area contributed by atoms with Gasteiger partial charge in [-0.05, 0) is 38.5 Å². The first-order valence-electron chi connectivity index (χ1n) is 9.79. The number of thioether (sulfide) groups is 1. The highest BCUT2D eigenvalue weighted by Crippen LogP contribution is 2.35. The molecule has 4 aromatic rings. The molecule has 0 bridgehead atoms. The number of hydrogen-bond acceptors (Lipinski definition) is 8. The van der Waals surface area contributed by atoms with Gasteiger partial charge in [0, 0.05) is 22.9 Å². The SMILES string of the molecule is Cc1cc(NC(=O)CN(C)c2nc(CSc3ccccc3)nc3sc(C)c(C)c23)no1. The third kappa shape index (κ3) is 4.88. The minimum atomic E-state index is -0.188. The van der Waals surface area contributed by atoms with E-state index < -0.39 is 0 Å². The second-order valence-corrected chi connectivity index (χ2v) is 9.51. The topological polar surface area (TPSA) is 84.2 Å². The second-order valence-electron chi connectivity index (χ2n) is 7.26. The molecule has 3 heterocycles. The van der Waals surface area contributed by atoms with Crippen molar-refractivity contribution in [2.75, 3.05) is 23.8 Å². The molecule has 0 unspecified atom stereocenters. The van der Waals surface area contributed by atoms with Crippen molar-refractivity contribution in [1.29, 1.82) is 0 Å². The molecule has 4 rings (SSSR count). The lowest BCUT2D eigenvalue weighted by Gasteiger charge is -2.19. The number of nitrogens with one attached hydrogen (secondary N) is 1. The number of carbonyl (C=O) groups excluding carboxylic acids is 1. The maximum Gasteiger partial charge on any atom is 0.245 e. The minimum absolute atomic E-state index is 0.137. The standard InChI is InChI=1S/C22H23N5O2S2/c1-13-10-17(26-29-13)23-19(28)11-27(4)21-20-14(2)15(3)31-22(20)25-18(24-21)12-30-16-8-6-5-7-9-16/h5-10H,11-12H2,1-4H3,(H,23,26,28). The van der Waals surface area contributed by atoms with Gasteiger partial charge >= 0.3 is 0 Å². The Hall–Kier alpha value is -2.91. The highest BCUT2D eigenvalue weighted by Gasteiger charge is 2.19. The van der Waals surface area contributed by atoms with Crippen molar-refractivity contribution < 1.29 is 9.32 Å². The Labute approximate surface area is 188 Å². The van der Waals surface area contributed by atoms with Crippen LogP contribution in [-0.2, 0) is 10.5 Å². The quantitative estimate of drug-likeness (QED) is 0.395. The smallest absolute Gasteiger partial charge is 0.245 e. The first-order valence-corrected chi connectivity index (χ1v) is 11.6. The van der Waals surface area contributed by atoms with Crippen LogP contribution < -0.4 is 10.2 Å². The van der Waals surface area contributed by atoms with Gasteiger partial charge in [-0.3, -0.25) is 4.79 Å². The average Bonchev–Trinajstić information content (AvgIpc) is 3.28. The van der Waals surface area contributed by atoms with Crippen LogP contribution in [0.4, 0.5) is 11.6 Å². The van der Waals surface area contributed by atoms with Gasteiger partial charge < -0.3 is 14.7 Å². The van der Waals surface area contributed by atoms with Crippen LogP contribution in [0.2, 0.25) is 0 Å². The van der Waals surface area contributed by atoms with Crippen LogP contribution in [0.5, 0.6) is 0 Å². The Kier molecular flexibility index (Phi) is 6.24. The third-order valence-corrected chi connectivity index (χ3v) is 6.91. The van der Waals surface area contributed by atoms with E-state index in [1.807, 2.05) is 30.1 Å². The predicted molar refractivity (Wildman–Crippen MR) is 126 cm³/mol. The Bertz CT molecular complexity index is 1220. The molecule has 0 fully saturated rings. The van der Waals surface area contributed by atoms with E-state index in [2.05, 4.69) is 36.5 Å². The van der Waals surface area contributed by atoms with Crippen molar-refractivity contribution in [1.82, 2.24) is 15.1 Å². The van der Waals surface area contributed by atoms with E-state index >= 15 is 0 Å². The van der Waals surface area contributed by atoms with Crippen molar-refractivity contribution in [3.8, 4) is 0 Å². The summed E-state index contributed by atoms with van der Waals surface area (Å²) < 4.78 is 5.01. The van der Waals surface area contributed by atoms with E-state index in [0.29, 0.717) is 17.3 Å². The highest BCUT2D eigenvalue weighted by molar-refractivity contribution is 7.98. The van der Waals surface area contributed by atoms with Gasteiger partial charge in [-0.1, -0.05) is 23.4 Å². The zero-order chi connectivity index (χ0) is 22.0. The number of likely N-dealkylation sites (N-methyl/N-ethyl adjacent to an activating group) is 1. The molecule has 0 aliphatic heterocycles. The fourth-order valence-electron chi connectivity index (χ4n) is 3.17. The van der Waals surface area contributed by atoms with Crippen molar-refractivity contribution in [2.45, 2.75) is 31.4 Å².